The lowest BCUT2D eigenvalue weighted by atomic mass is 9.97. The van der Waals surface area contributed by atoms with Crippen molar-refractivity contribution in [3.8, 4) is 0 Å². The Morgan fingerprint density at radius 1 is 1.09 bits per heavy atom. The highest BCUT2D eigenvalue weighted by atomic mass is 16.4. The van der Waals surface area contributed by atoms with Crippen LogP contribution in [0.25, 0.3) is 0 Å². The van der Waals surface area contributed by atoms with Crippen molar-refractivity contribution in [3.05, 3.63) is 34.9 Å². The number of carbonyl (C=O) groups excluding carboxylic acids is 2. The Morgan fingerprint density at radius 2 is 1.74 bits per heavy atom. The highest BCUT2D eigenvalue weighted by Gasteiger charge is 2.22. The van der Waals surface area contributed by atoms with E-state index in [1.54, 1.807) is 13.8 Å². The van der Waals surface area contributed by atoms with E-state index >= 15 is 0 Å². The van der Waals surface area contributed by atoms with E-state index < -0.39 is 11.5 Å². The minimum atomic E-state index is -0.891. The molecule has 0 aromatic heterocycles. The Bertz CT molecular complexity index is 605. The van der Waals surface area contributed by atoms with Gasteiger partial charge in [-0.05, 0) is 45.7 Å². The summed E-state index contributed by atoms with van der Waals surface area (Å²) in [7, 11) is 0. The van der Waals surface area contributed by atoms with Gasteiger partial charge in [0.25, 0.3) is 0 Å². The van der Waals surface area contributed by atoms with Gasteiger partial charge in [-0.25, -0.2) is 0 Å². The number of nitrogens with one attached hydrogen (secondary N) is 1. The maximum Gasteiger partial charge on any atom is 0.303 e. The van der Waals surface area contributed by atoms with Crippen molar-refractivity contribution in [1.29, 1.82) is 0 Å². The zero-order valence-corrected chi connectivity index (χ0v) is 14.2. The largest absolute Gasteiger partial charge is 0.481 e. The summed E-state index contributed by atoms with van der Waals surface area (Å²) in [6.45, 7) is 7.36. The van der Waals surface area contributed by atoms with Crippen molar-refractivity contribution < 1.29 is 19.5 Å². The molecule has 5 nitrogen and oxygen atoms in total. The highest BCUT2D eigenvalue weighted by molar-refractivity contribution is 5.99. The van der Waals surface area contributed by atoms with Gasteiger partial charge in [0.1, 0.15) is 0 Å². The second-order valence-electron chi connectivity index (χ2n) is 6.57. The third kappa shape index (κ3) is 6.63. The van der Waals surface area contributed by atoms with Gasteiger partial charge in [0.15, 0.2) is 5.78 Å². The number of carboxylic acid groups (broad SMARTS) is 1. The fourth-order valence-electron chi connectivity index (χ4n) is 2.32. The lowest BCUT2D eigenvalue weighted by Gasteiger charge is -2.25. The van der Waals surface area contributed by atoms with Crippen molar-refractivity contribution in [1.82, 2.24) is 5.32 Å². The average molecular weight is 319 g/mol. The van der Waals surface area contributed by atoms with E-state index in [9.17, 15) is 14.4 Å². The van der Waals surface area contributed by atoms with E-state index in [2.05, 4.69) is 5.32 Å². The van der Waals surface area contributed by atoms with Gasteiger partial charge in [-0.1, -0.05) is 17.7 Å². The molecule has 1 aromatic rings. The molecule has 0 heterocycles. The molecule has 0 aliphatic carbocycles. The van der Waals surface area contributed by atoms with Crippen LogP contribution in [0.4, 0.5) is 0 Å². The second-order valence-corrected chi connectivity index (χ2v) is 6.57. The summed E-state index contributed by atoms with van der Waals surface area (Å²) in [6, 6.07) is 5.69. The lowest BCUT2D eigenvalue weighted by Crippen LogP contribution is -2.43. The molecule has 5 heteroatoms. The van der Waals surface area contributed by atoms with E-state index in [1.807, 2.05) is 32.0 Å². The summed E-state index contributed by atoms with van der Waals surface area (Å²) >= 11 is 0. The number of carbonyl (C=O) groups is 3. The van der Waals surface area contributed by atoms with Crippen LogP contribution in [0.2, 0.25) is 0 Å². The second kappa shape index (κ2) is 7.90. The highest BCUT2D eigenvalue weighted by Crippen LogP contribution is 2.15. The molecular weight excluding hydrogens is 294 g/mol. The quantitative estimate of drug-likeness (QED) is 0.721. The van der Waals surface area contributed by atoms with Gasteiger partial charge >= 0.3 is 5.97 Å². The number of aryl methyl sites for hydroxylation is 2. The molecular formula is C18H25NO4. The Morgan fingerprint density at radius 3 is 2.35 bits per heavy atom. The summed E-state index contributed by atoms with van der Waals surface area (Å²) < 4.78 is 0. The third-order valence-corrected chi connectivity index (χ3v) is 3.71. The number of carboxylic acids is 1. The summed E-state index contributed by atoms with van der Waals surface area (Å²) in [5.74, 6) is -1.18. The van der Waals surface area contributed by atoms with Crippen molar-refractivity contribution in [2.75, 3.05) is 0 Å². The van der Waals surface area contributed by atoms with E-state index in [1.165, 1.54) is 0 Å². The van der Waals surface area contributed by atoms with E-state index in [0.29, 0.717) is 12.0 Å². The molecule has 0 saturated carbocycles. The lowest BCUT2D eigenvalue weighted by molar-refractivity contribution is -0.137. The standard InChI is InChI=1S/C18H25NO4/c1-12-5-6-13(2)14(11-12)15(20)7-8-16(21)19-18(3,4)10-9-17(22)23/h5-6,11H,7-10H2,1-4H3,(H,19,21)(H,22,23). The first-order chi connectivity index (χ1) is 10.6. The Hall–Kier alpha value is -2.17. The molecule has 23 heavy (non-hydrogen) atoms. The van der Waals surface area contributed by atoms with Crippen LogP contribution in [0.1, 0.15) is 61.0 Å². The molecule has 126 valence electrons. The summed E-state index contributed by atoms with van der Waals surface area (Å²) in [5, 5.41) is 11.5. The number of Topliss-reactive ketones (excluding diaryl/α,β-unsaturated/α-hetero) is 1. The smallest absolute Gasteiger partial charge is 0.303 e. The van der Waals surface area contributed by atoms with Gasteiger partial charge < -0.3 is 10.4 Å². The minimum Gasteiger partial charge on any atom is -0.481 e. The predicted octanol–water partition coefficient (Wildman–Crippen LogP) is 3.03. The predicted molar refractivity (Wildman–Crippen MR) is 88.6 cm³/mol. The zero-order chi connectivity index (χ0) is 17.6. The van der Waals surface area contributed by atoms with Crippen LogP contribution in [0.3, 0.4) is 0 Å². The monoisotopic (exact) mass is 319 g/mol. The molecule has 1 amide bonds. The normalized spacial score (nSPS) is 11.1. The number of aliphatic carboxylic acids is 1. The first-order valence-corrected chi connectivity index (χ1v) is 7.74. The van der Waals surface area contributed by atoms with E-state index in [4.69, 9.17) is 5.11 Å². The number of rotatable bonds is 8. The molecule has 0 spiro atoms. The Kier molecular flexibility index (Phi) is 6.49. The maximum absolute atomic E-state index is 12.2. The van der Waals surface area contributed by atoms with Crippen LogP contribution in [0.15, 0.2) is 18.2 Å². The van der Waals surface area contributed by atoms with Crippen molar-refractivity contribution in [3.63, 3.8) is 0 Å². The van der Waals surface area contributed by atoms with Crippen molar-refractivity contribution in [2.45, 2.75) is 58.9 Å². The van der Waals surface area contributed by atoms with Crippen LogP contribution in [0.5, 0.6) is 0 Å². The maximum atomic E-state index is 12.2. The molecule has 1 aromatic carbocycles. The molecule has 0 unspecified atom stereocenters. The first-order valence-electron chi connectivity index (χ1n) is 7.74. The van der Waals surface area contributed by atoms with Crippen molar-refractivity contribution >= 4 is 17.7 Å². The van der Waals surface area contributed by atoms with Gasteiger partial charge in [-0.3, -0.25) is 14.4 Å². The fourth-order valence-corrected chi connectivity index (χ4v) is 2.32. The molecule has 0 radical (unpaired) electrons. The Balaban J connectivity index is 2.54. The number of amides is 1. The van der Waals surface area contributed by atoms with Gasteiger partial charge in [-0.15, -0.1) is 0 Å². The number of hydrogen-bond acceptors (Lipinski definition) is 3. The van der Waals surface area contributed by atoms with Crippen LogP contribution >= 0.6 is 0 Å². The molecule has 0 aliphatic heterocycles. The van der Waals surface area contributed by atoms with Crippen LogP contribution in [-0.4, -0.2) is 28.3 Å². The molecule has 2 N–H and O–H groups in total. The van der Waals surface area contributed by atoms with E-state index in [-0.39, 0.29) is 31.0 Å². The molecule has 0 atom stereocenters. The fraction of sp³-hybridized carbons (Fsp3) is 0.500. The SMILES string of the molecule is Cc1ccc(C)c(C(=O)CCC(=O)NC(C)(C)CCC(=O)O)c1. The third-order valence-electron chi connectivity index (χ3n) is 3.71. The van der Waals surface area contributed by atoms with Crippen LogP contribution in [0, 0.1) is 13.8 Å². The molecule has 0 fully saturated rings. The first kappa shape index (κ1) is 18.9. The number of benzene rings is 1. The minimum absolute atomic E-state index is 0.00526. The van der Waals surface area contributed by atoms with Gasteiger partial charge in [-0.2, -0.15) is 0 Å². The van der Waals surface area contributed by atoms with Crippen molar-refractivity contribution in [2.24, 2.45) is 0 Å². The van der Waals surface area contributed by atoms with Gasteiger partial charge in [0.05, 0.1) is 0 Å². The van der Waals surface area contributed by atoms with E-state index in [0.717, 1.165) is 11.1 Å². The zero-order valence-electron chi connectivity index (χ0n) is 14.2. The summed E-state index contributed by atoms with van der Waals surface area (Å²) in [4.78, 5) is 34.8. The molecule has 0 saturated heterocycles. The summed E-state index contributed by atoms with van der Waals surface area (Å²) in [5.41, 5.74) is 1.97. The number of hydrogen-bond donors (Lipinski definition) is 2. The Labute approximate surface area is 137 Å². The topological polar surface area (TPSA) is 83.5 Å². The molecule has 1 rings (SSSR count). The number of ketones is 1. The molecule has 0 aliphatic rings. The van der Waals surface area contributed by atoms with Crippen LogP contribution in [-0.2, 0) is 9.59 Å². The van der Waals surface area contributed by atoms with Crippen LogP contribution < -0.4 is 5.32 Å². The average Bonchev–Trinajstić information content (AvgIpc) is 2.45. The summed E-state index contributed by atoms with van der Waals surface area (Å²) in [6.07, 6.45) is 0.585. The van der Waals surface area contributed by atoms with Gasteiger partial charge in [0.2, 0.25) is 5.91 Å². The van der Waals surface area contributed by atoms with Gasteiger partial charge in [0, 0.05) is 30.4 Å². The molecule has 0 bridgehead atoms.